The lowest BCUT2D eigenvalue weighted by molar-refractivity contribution is -0.167. The molecule has 0 aromatic rings. The van der Waals surface area contributed by atoms with E-state index in [2.05, 4.69) is 106 Å². The van der Waals surface area contributed by atoms with E-state index in [9.17, 15) is 14.4 Å². The Morgan fingerprint density at radius 1 is 0.263 bits per heavy atom. The van der Waals surface area contributed by atoms with Crippen molar-refractivity contribution in [2.24, 2.45) is 0 Å². The molecule has 0 amide bonds. The van der Waals surface area contributed by atoms with Crippen molar-refractivity contribution in [3.63, 3.8) is 0 Å². The van der Waals surface area contributed by atoms with Crippen LogP contribution in [0.2, 0.25) is 0 Å². The maximum atomic E-state index is 12.9. The van der Waals surface area contributed by atoms with E-state index >= 15 is 0 Å². The number of carbonyl (C=O) groups is 3. The fourth-order valence-corrected chi connectivity index (χ4v) is 9.93. The summed E-state index contributed by atoms with van der Waals surface area (Å²) in [5.74, 6) is -0.897. The van der Waals surface area contributed by atoms with E-state index in [4.69, 9.17) is 14.2 Å². The van der Waals surface area contributed by atoms with Crippen LogP contribution in [0.5, 0.6) is 0 Å². The first-order valence-electron chi connectivity index (χ1n) is 34.6. The van der Waals surface area contributed by atoms with Crippen LogP contribution in [0.1, 0.15) is 348 Å². The minimum Gasteiger partial charge on any atom is -0.462 e. The summed E-state index contributed by atoms with van der Waals surface area (Å²) in [6.07, 6.45) is 90.3. The number of allylic oxidation sites excluding steroid dienone is 14. The monoisotopic (exact) mass is 1110 g/mol. The van der Waals surface area contributed by atoms with Crippen LogP contribution in [0.3, 0.4) is 0 Å². The van der Waals surface area contributed by atoms with Gasteiger partial charge in [-0.2, -0.15) is 0 Å². The van der Waals surface area contributed by atoms with Gasteiger partial charge < -0.3 is 14.2 Å². The van der Waals surface area contributed by atoms with Crippen LogP contribution in [-0.4, -0.2) is 37.2 Å². The lowest BCUT2D eigenvalue weighted by Crippen LogP contribution is -2.30. The second-order valence-corrected chi connectivity index (χ2v) is 23.1. The number of ether oxygens (including phenoxy) is 3. The van der Waals surface area contributed by atoms with E-state index in [1.807, 2.05) is 0 Å². The van der Waals surface area contributed by atoms with Gasteiger partial charge in [0, 0.05) is 19.3 Å². The molecule has 0 radical (unpaired) electrons. The molecule has 0 saturated carbocycles. The van der Waals surface area contributed by atoms with E-state index in [-0.39, 0.29) is 31.1 Å². The Morgan fingerprint density at radius 2 is 0.487 bits per heavy atom. The number of esters is 3. The van der Waals surface area contributed by atoms with Gasteiger partial charge in [-0.05, 0) is 116 Å². The molecule has 1 unspecified atom stereocenters. The molecule has 0 spiro atoms. The Balaban J connectivity index is 4.32. The van der Waals surface area contributed by atoms with Crippen LogP contribution < -0.4 is 0 Å². The molecule has 0 aromatic carbocycles. The van der Waals surface area contributed by atoms with Gasteiger partial charge in [-0.25, -0.2) is 0 Å². The van der Waals surface area contributed by atoms with Crippen LogP contribution in [0, 0.1) is 0 Å². The van der Waals surface area contributed by atoms with Crippen LogP contribution in [0.25, 0.3) is 0 Å². The summed E-state index contributed by atoms with van der Waals surface area (Å²) < 4.78 is 17.0. The van der Waals surface area contributed by atoms with E-state index in [0.29, 0.717) is 19.3 Å². The van der Waals surface area contributed by atoms with E-state index in [1.165, 1.54) is 205 Å². The Labute approximate surface area is 496 Å². The van der Waals surface area contributed by atoms with Crippen LogP contribution in [0.4, 0.5) is 0 Å². The number of hydrogen-bond acceptors (Lipinski definition) is 6. The lowest BCUT2D eigenvalue weighted by atomic mass is 10.0. The summed E-state index contributed by atoms with van der Waals surface area (Å²) in [4.78, 5) is 38.4. The van der Waals surface area contributed by atoms with Crippen molar-refractivity contribution in [1.29, 1.82) is 0 Å². The van der Waals surface area contributed by atoms with Crippen molar-refractivity contribution in [2.45, 2.75) is 354 Å². The van der Waals surface area contributed by atoms with Gasteiger partial charge in [-0.3, -0.25) is 14.4 Å². The normalized spacial score (nSPS) is 12.6. The van der Waals surface area contributed by atoms with Crippen molar-refractivity contribution in [2.75, 3.05) is 13.2 Å². The molecule has 0 heterocycles. The molecule has 0 N–H and O–H groups in total. The molecule has 0 rings (SSSR count). The fourth-order valence-electron chi connectivity index (χ4n) is 9.93. The quantitative estimate of drug-likeness (QED) is 0.0261. The maximum absolute atomic E-state index is 12.9. The summed E-state index contributed by atoms with van der Waals surface area (Å²) >= 11 is 0. The second kappa shape index (κ2) is 68.1. The highest BCUT2D eigenvalue weighted by molar-refractivity contribution is 5.71. The molecule has 80 heavy (non-hydrogen) atoms. The average Bonchev–Trinajstić information content (AvgIpc) is 3.46. The summed E-state index contributed by atoms with van der Waals surface area (Å²) in [5.41, 5.74) is 0. The van der Waals surface area contributed by atoms with Gasteiger partial charge in [0.15, 0.2) is 6.10 Å². The third kappa shape index (κ3) is 65.4. The minimum atomic E-state index is -0.791. The average molecular weight is 1120 g/mol. The highest BCUT2D eigenvalue weighted by atomic mass is 16.6. The Morgan fingerprint density at radius 3 is 0.775 bits per heavy atom. The predicted octanol–water partition coefficient (Wildman–Crippen LogP) is 23.8. The van der Waals surface area contributed by atoms with Gasteiger partial charge in [0.05, 0.1) is 0 Å². The Hall–Kier alpha value is -3.41. The van der Waals surface area contributed by atoms with E-state index in [0.717, 1.165) is 103 Å². The summed E-state index contributed by atoms with van der Waals surface area (Å²) in [5, 5.41) is 0. The SMILES string of the molecule is CC/C=C\C/C=C\C/C=C\C/C=C\CCCCCCC(=O)OCC(COC(=O)CCCCCCCCCCCCCCCCC/C=C\C/C=C\CCCCCCC)OC(=O)CCCCCCCCC/C=C\CCCCCCCCC. The summed E-state index contributed by atoms with van der Waals surface area (Å²) in [6.45, 7) is 6.53. The third-order valence-corrected chi connectivity index (χ3v) is 15.1. The van der Waals surface area contributed by atoms with Gasteiger partial charge >= 0.3 is 17.9 Å². The molecule has 0 aliphatic heterocycles. The van der Waals surface area contributed by atoms with Gasteiger partial charge in [-0.15, -0.1) is 0 Å². The van der Waals surface area contributed by atoms with Gasteiger partial charge in [-0.1, -0.05) is 298 Å². The highest BCUT2D eigenvalue weighted by Gasteiger charge is 2.19. The molecule has 0 bridgehead atoms. The molecule has 0 fully saturated rings. The Bertz CT molecular complexity index is 1520. The summed E-state index contributed by atoms with van der Waals surface area (Å²) in [7, 11) is 0. The van der Waals surface area contributed by atoms with Crippen molar-refractivity contribution in [3.05, 3.63) is 85.1 Å². The largest absolute Gasteiger partial charge is 0.462 e. The second-order valence-electron chi connectivity index (χ2n) is 23.1. The Kier molecular flexibility index (Phi) is 65.2. The van der Waals surface area contributed by atoms with Crippen molar-refractivity contribution < 1.29 is 28.6 Å². The van der Waals surface area contributed by atoms with Gasteiger partial charge in [0.25, 0.3) is 0 Å². The zero-order valence-electron chi connectivity index (χ0n) is 53.1. The molecule has 462 valence electrons. The lowest BCUT2D eigenvalue weighted by Gasteiger charge is -2.18. The number of rotatable bonds is 63. The van der Waals surface area contributed by atoms with Gasteiger partial charge in [0.2, 0.25) is 0 Å². The van der Waals surface area contributed by atoms with Crippen molar-refractivity contribution >= 4 is 17.9 Å². The molecule has 0 aliphatic rings. The van der Waals surface area contributed by atoms with Crippen LogP contribution >= 0.6 is 0 Å². The molecule has 1 atom stereocenters. The molecule has 6 heteroatoms. The number of carbonyl (C=O) groups excluding carboxylic acids is 3. The molecule has 0 saturated heterocycles. The number of unbranched alkanes of at least 4 members (excludes halogenated alkanes) is 38. The third-order valence-electron chi connectivity index (χ3n) is 15.1. The molecular weight excluding hydrogens is 985 g/mol. The maximum Gasteiger partial charge on any atom is 0.306 e. The smallest absolute Gasteiger partial charge is 0.306 e. The number of hydrogen-bond donors (Lipinski definition) is 0. The minimum absolute atomic E-state index is 0.0842. The van der Waals surface area contributed by atoms with Crippen LogP contribution in [-0.2, 0) is 28.6 Å². The first-order chi connectivity index (χ1) is 39.5. The standard InChI is InChI=1S/C74H130O6/c1-4-7-10-13-16-19-22-25-28-31-33-34-35-36-37-38-39-40-41-44-46-49-52-55-58-61-64-67-73(76)79-70-71(69-78-72(75)66-63-60-57-54-51-48-45-42-30-27-24-21-18-15-12-9-6-3)80-74(77)68-65-62-59-56-53-50-47-43-32-29-26-23-20-17-14-11-8-5-2/h9,12,18,21-22,25,27,29-33,45,48,71H,4-8,10-11,13-17,19-20,23-24,26,28,34-44,46-47,49-70H2,1-3H3/b12-9-,21-18-,25-22-,30-27-,32-29-,33-31-,48-45-. The van der Waals surface area contributed by atoms with E-state index in [1.54, 1.807) is 0 Å². The van der Waals surface area contributed by atoms with Gasteiger partial charge in [0.1, 0.15) is 13.2 Å². The first-order valence-corrected chi connectivity index (χ1v) is 34.6. The van der Waals surface area contributed by atoms with E-state index < -0.39 is 6.10 Å². The first kappa shape index (κ1) is 76.6. The molecule has 6 nitrogen and oxygen atoms in total. The highest BCUT2D eigenvalue weighted by Crippen LogP contribution is 2.17. The van der Waals surface area contributed by atoms with Crippen molar-refractivity contribution in [1.82, 2.24) is 0 Å². The zero-order valence-corrected chi connectivity index (χ0v) is 53.1. The molecule has 0 aliphatic carbocycles. The summed E-state index contributed by atoms with van der Waals surface area (Å²) in [6, 6.07) is 0. The molecule has 0 aromatic heterocycles. The predicted molar refractivity (Wildman–Crippen MR) is 348 cm³/mol. The van der Waals surface area contributed by atoms with Crippen molar-refractivity contribution in [3.8, 4) is 0 Å². The zero-order chi connectivity index (χ0) is 57.8. The van der Waals surface area contributed by atoms with Crippen LogP contribution in [0.15, 0.2) is 85.1 Å². The topological polar surface area (TPSA) is 78.9 Å². The fraction of sp³-hybridized carbons (Fsp3) is 0.770. The molecular formula is C74H130O6.